The van der Waals surface area contributed by atoms with Crippen molar-refractivity contribution >= 4 is 11.7 Å². The van der Waals surface area contributed by atoms with Crippen molar-refractivity contribution in [1.29, 1.82) is 0 Å². The Morgan fingerprint density at radius 3 is 2.70 bits per heavy atom. The van der Waals surface area contributed by atoms with Crippen LogP contribution in [0.3, 0.4) is 0 Å². The molecule has 20 heavy (non-hydrogen) atoms. The van der Waals surface area contributed by atoms with Gasteiger partial charge < -0.3 is 4.90 Å². The van der Waals surface area contributed by atoms with Crippen molar-refractivity contribution in [2.45, 2.75) is 63.5 Å². The second-order valence-electron chi connectivity index (χ2n) is 6.73. The summed E-state index contributed by atoms with van der Waals surface area (Å²) in [6.45, 7) is 1.50. The summed E-state index contributed by atoms with van der Waals surface area (Å²) in [5, 5.41) is 0. The molecule has 3 rings (SSSR count). The van der Waals surface area contributed by atoms with Crippen LogP contribution >= 0.6 is 0 Å². The lowest BCUT2D eigenvalue weighted by Crippen LogP contribution is -2.46. The summed E-state index contributed by atoms with van der Waals surface area (Å²) >= 11 is 0. The minimum atomic E-state index is 0.199. The molecule has 0 aromatic rings. The fourth-order valence-corrected chi connectivity index (χ4v) is 3.87. The van der Waals surface area contributed by atoms with Crippen LogP contribution in [0.25, 0.3) is 0 Å². The van der Waals surface area contributed by atoms with E-state index in [1.165, 1.54) is 6.42 Å². The highest BCUT2D eigenvalue weighted by Gasteiger charge is 2.38. The normalized spacial score (nSPS) is 31.6. The van der Waals surface area contributed by atoms with Crippen molar-refractivity contribution in [3.8, 4) is 0 Å². The van der Waals surface area contributed by atoms with Crippen LogP contribution in [0.4, 0.5) is 0 Å². The van der Waals surface area contributed by atoms with E-state index in [-0.39, 0.29) is 11.8 Å². The Labute approximate surface area is 121 Å². The lowest BCUT2D eigenvalue weighted by atomic mass is 9.82. The van der Waals surface area contributed by atoms with Crippen LogP contribution in [-0.4, -0.2) is 53.7 Å². The van der Waals surface area contributed by atoms with E-state index in [1.54, 1.807) is 0 Å². The van der Waals surface area contributed by atoms with Gasteiger partial charge in [-0.15, -0.1) is 0 Å². The fourth-order valence-electron chi connectivity index (χ4n) is 3.87. The van der Waals surface area contributed by atoms with E-state index in [1.807, 2.05) is 11.9 Å². The molecule has 4 nitrogen and oxygen atoms in total. The molecule has 1 saturated heterocycles. The molecule has 0 bridgehead atoms. The lowest BCUT2D eigenvalue weighted by Gasteiger charge is -2.33. The number of hydrogen-bond acceptors (Lipinski definition) is 3. The maximum absolute atomic E-state index is 12.3. The van der Waals surface area contributed by atoms with Gasteiger partial charge in [-0.2, -0.15) is 0 Å². The highest BCUT2D eigenvalue weighted by atomic mass is 16.2. The number of likely N-dealkylation sites (N-methyl/N-ethyl adjacent to an activating group) is 1. The number of Topliss-reactive ketones (excluding diaryl/α,β-unsaturated/α-hetero) is 1. The third-order valence-electron chi connectivity index (χ3n) is 5.31. The lowest BCUT2D eigenvalue weighted by molar-refractivity contribution is -0.134. The van der Waals surface area contributed by atoms with Crippen LogP contribution < -0.4 is 0 Å². The monoisotopic (exact) mass is 278 g/mol. The SMILES string of the molecule is CN(C(=O)CN1CCCC1C1CCCCC1=O)C1CC1. The standard InChI is InChI=1S/C16H26N2O2/c1-17(12-8-9-12)16(20)11-18-10-4-6-14(18)13-5-2-3-7-15(13)19/h12-14H,2-11H2,1H3. The first-order valence-electron chi connectivity index (χ1n) is 8.19. The molecule has 0 spiro atoms. The first kappa shape index (κ1) is 14.1. The summed E-state index contributed by atoms with van der Waals surface area (Å²) in [6, 6.07) is 0.819. The molecular weight excluding hydrogens is 252 g/mol. The minimum absolute atomic E-state index is 0.199. The summed E-state index contributed by atoms with van der Waals surface area (Å²) in [5.41, 5.74) is 0. The highest BCUT2D eigenvalue weighted by molar-refractivity contribution is 5.83. The van der Waals surface area contributed by atoms with Crippen LogP contribution in [0.2, 0.25) is 0 Å². The maximum atomic E-state index is 12.3. The number of rotatable bonds is 4. The van der Waals surface area contributed by atoms with E-state index in [0.29, 0.717) is 24.4 Å². The van der Waals surface area contributed by atoms with Gasteiger partial charge in [-0.1, -0.05) is 6.42 Å². The van der Waals surface area contributed by atoms with Crippen molar-refractivity contribution in [1.82, 2.24) is 9.80 Å². The van der Waals surface area contributed by atoms with Gasteiger partial charge in [0.15, 0.2) is 0 Å². The molecule has 2 aliphatic carbocycles. The third-order valence-corrected chi connectivity index (χ3v) is 5.31. The van der Waals surface area contributed by atoms with Crippen LogP contribution in [-0.2, 0) is 9.59 Å². The molecule has 1 amide bonds. The summed E-state index contributed by atoms with van der Waals surface area (Å²) in [4.78, 5) is 28.6. The van der Waals surface area contributed by atoms with E-state index in [4.69, 9.17) is 0 Å². The predicted octanol–water partition coefficient (Wildman–Crippen LogP) is 1.83. The van der Waals surface area contributed by atoms with E-state index in [0.717, 1.165) is 51.5 Å². The number of hydrogen-bond donors (Lipinski definition) is 0. The van der Waals surface area contributed by atoms with Gasteiger partial charge in [0.25, 0.3) is 0 Å². The van der Waals surface area contributed by atoms with Crippen LogP contribution in [0, 0.1) is 5.92 Å². The van der Waals surface area contributed by atoms with Crippen LogP contribution in [0.1, 0.15) is 51.4 Å². The Bertz CT molecular complexity index is 392. The van der Waals surface area contributed by atoms with Crippen molar-refractivity contribution in [2.24, 2.45) is 5.92 Å². The van der Waals surface area contributed by atoms with Crippen molar-refractivity contribution in [3.05, 3.63) is 0 Å². The average molecular weight is 278 g/mol. The minimum Gasteiger partial charge on any atom is -0.342 e. The topological polar surface area (TPSA) is 40.6 Å². The zero-order chi connectivity index (χ0) is 14.1. The highest BCUT2D eigenvalue weighted by Crippen LogP contribution is 2.32. The molecule has 2 saturated carbocycles. The number of carbonyl (C=O) groups is 2. The molecule has 1 heterocycles. The first-order chi connectivity index (χ1) is 9.66. The molecule has 4 heteroatoms. The number of nitrogens with zero attached hydrogens (tertiary/aromatic N) is 2. The molecule has 2 atom stereocenters. The molecule has 0 aromatic carbocycles. The predicted molar refractivity (Wildman–Crippen MR) is 77.4 cm³/mol. The summed E-state index contributed by atoms with van der Waals surface area (Å²) in [7, 11) is 1.93. The number of amides is 1. The van der Waals surface area contributed by atoms with Gasteiger partial charge in [-0.3, -0.25) is 14.5 Å². The quantitative estimate of drug-likeness (QED) is 0.788. The smallest absolute Gasteiger partial charge is 0.236 e. The van der Waals surface area contributed by atoms with Crippen LogP contribution in [0.15, 0.2) is 0 Å². The molecule has 1 aliphatic heterocycles. The van der Waals surface area contributed by atoms with Gasteiger partial charge in [-0.05, 0) is 45.1 Å². The van der Waals surface area contributed by atoms with Crippen molar-refractivity contribution < 1.29 is 9.59 Å². The molecule has 3 fully saturated rings. The molecule has 0 aromatic heterocycles. The van der Waals surface area contributed by atoms with Crippen molar-refractivity contribution in [3.63, 3.8) is 0 Å². The molecule has 112 valence electrons. The van der Waals surface area contributed by atoms with Gasteiger partial charge in [0.2, 0.25) is 5.91 Å². The number of likely N-dealkylation sites (tertiary alicyclic amines) is 1. The Kier molecular flexibility index (Phi) is 4.11. The average Bonchev–Trinajstić information content (AvgIpc) is 3.20. The number of carbonyl (C=O) groups excluding carboxylic acids is 2. The van der Waals surface area contributed by atoms with Crippen LogP contribution in [0.5, 0.6) is 0 Å². The largest absolute Gasteiger partial charge is 0.342 e. The Balaban J connectivity index is 1.60. The Morgan fingerprint density at radius 1 is 1.20 bits per heavy atom. The van der Waals surface area contributed by atoms with E-state index in [2.05, 4.69) is 4.90 Å². The molecule has 2 unspecified atom stereocenters. The van der Waals surface area contributed by atoms with E-state index < -0.39 is 0 Å². The van der Waals surface area contributed by atoms with Gasteiger partial charge in [0.05, 0.1) is 6.54 Å². The summed E-state index contributed by atoms with van der Waals surface area (Å²) in [6.07, 6.45) is 8.57. The molecule has 0 radical (unpaired) electrons. The van der Waals surface area contributed by atoms with Gasteiger partial charge in [-0.25, -0.2) is 0 Å². The van der Waals surface area contributed by atoms with E-state index >= 15 is 0 Å². The second-order valence-corrected chi connectivity index (χ2v) is 6.73. The van der Waals surface area contributed by atoms with Gasteiger partial charge >= 0.3 is 0 Å². The zero-order valence-corrected chi connectivity index (χ0v) is 12.5. The summed E-state index contributed by atoms with van der Waals surface area (Å²) in [5.74, 6) is 0.879. The van der Waals surface area contributed by atoms with Crippen molar-refractivity contribution in [2.75, 3.05) is 20.1 Å². The fraction of sp³-hybridized carbons (Fsp3) is 0.875. The van der Waals surface area contributed by atoms with Gasteiger partial charge in [0, 0.05) is 31.5 Å². The number of ketones is 1. The Morgan fingerprint density at radius 2 is 2.00 bits per heavy atom. The molecular formula is C16H26N2O2. The molecule has 3 aliphatic rings. The maximum Gasteiger partial charge on any atom is 0.236 e. The first-order valence-corrected chi connectivity index (χ1v) is 8.19. The third kappa shape index (κ3) is 2.90. The zero-order valence-electron chi connectivity index (χ0n) is 12.5. The second kappa shape index (κ2) is 5.84. The molecule has 0 N–H and O–H groups in total. The van der Waals surface area contributed by atoms with E-state index in [9.17, 15) is 9.59 Å². The summed E-state index contributed by atoms with van der Waals surface area (Å²) < 4.78 is 0. The Hall–Kier alpha value is -0.900. The van der Waals surface area contributed by atoms with Gasteiger partial charge in [0.1, 0.15) is 5.78 Å².